The molecule has 1 atom stereocenters. The standard InChI is InChI=1S/C14H19NO4S/c1-14(8-9-20(17,18)10-14)15(2)13(16)11-4-6-12(19-3)7-5-11/h4-7H,8-10H2,1-3H3/t14-/m0/s1. The highest BCUT2D eigenvalue weighted by molar-refractivity contribution is 7.91. The van der Waals surface area contributed by atoms with Gasteiger partial charge in [0.1, 0.15) is 5.75 Å². The van der Waals surface area contributed by atoms with Crippen molar-refractivity contribution in [1.82, 2.24) is 4.90 Å². The predicted molar refractivity (Wildman–Crippen MR) is 76.8 cm³/mol. The summed E-state index contributed by atoms with van der Waals surface area (Å²) >= 11 is 0. The number of hydrogen-bond donors (Lipinski definition) is 0. The van der Waals surface area contributed by atoms with Gasteiger partial charge < -0.3 is 9.64 Å². The number of methoxy groups -OCH3 is 1. The average Bonchev–Trinajstić information content (AvgIpc) is 2.72. The van der Waals surface area contributed by atoms with Crippen LogP contribution in [0.25, 0.3) is 0 Å². The maximum atomic E-state index is 12.4. The minimum Gasteiger partial charge on any atom is -0.497 e. The molecule has 6 heteroatoms. The van der Waals surface area contributed by atoms with Crippen molar-refractivity contribution >= 4 is 15.7 Å². The highest BCUT2D eigenvalue weighted by Gasteiger charge is 2.43. The molecule has 0 unspecified atom stereocenters. The highest BCUT2D eigenvalue weighted by atomic mass is 32.2. The van der Waals surface area contributed by atoms with Crippen molar-refractivity contribution in [2.45, 2.75) is 18.9 Å². The Labute approximate surface area is 119 Å². The molecule has 0 bridgehead atoms. The van der Waals surface area contributed by atoms with Gasteiger partial charge in [-0.3, -0.25) is 4.79 Å². The molecular weight excluding hydrogens is 278 g/mol. The smallest absolute Gasteiger partial charge is 0.254 e. The quantitative estimate of drug-likeness (QED) is 0.844. The van der Waals surface area contributed by atoms with Crippen LogP contribution in [0.4, 0.5) is 0 Å². The van der Waals surface area contributed by atoms with Crippen LogP contribution in [-0.4, -0.2) is 50.4 Å². The SMILES string of the molecule is COc1ccc(C(=O)N(C)[C@@]2(C)CCS(=O)(=O)C2)cc1. The summed E-state index contributed by atoms with van der Waals surface area (Å²) in [5, 5.41) is 0. The molecule has 1 aliphatic heterocycles. The first-order chi connectivity index (χ1) is 9.27. The predicted octanol–water partition coefficient (Wildman–Crippen LogP) is 1.34. The van der Waals surface area contributed by atoms with Crippen LogP contribution in [0, 0.1) is 0 Å². The van der Waals surface area contributed by atoms with Crippen LogP contribution in [0.1, 0.15) is 23.7 Å². The molecule has 1 fully saturated rings. The van der Waals surface area contributed by atoms with Crippen LogP contribution in [0.3, 0.4) is 0 Å². The maximum absolute atomic E-state index is 12.4. The average molecular weight is 297 g/mol. The fourth-order valence-electron chi connectivity index (χ4n) is 2.43. The van der Waals surface area contributed by atoms with Crippen LogP contribution in [0.2, 0.25) is 0 Å². The zero-order chi connectivity index (χ0) is 15.0. The summed E-state index contributed by atoms with van der Waals surface area (Å²) in [4.78, 5) is 14.0. The summed E-state index contributed by atoms with van der Waals surface area (Å²) in [6.45, 7) is 1.82. The molecule has 0 N–H and O–H groups in total. The lowest BCUT2D eigenvalue weighted by Gasteiger charge is -2.34. The number of hydrogen-bond acceptors (Lipinski definition) is 4. The summed E-state index contributed by atoms with van der Waals surface area (Å²) in [6, 6.07) is 6.80. The van der Waals surface area contributed by atoms with Gasteiger partial charge in [-0.1, -0.05) is 0 Å². The molecule has 1 aromatic carbocycles. The van der Waals surface area contributed by atoms with E-state index < -0.39 is 15.4 Å². The summed E-state index contributed by atoms with van der Waals surface area (Å²) in [5.41, 5.74) is -0.102. The van der Waals surface area contributed by atoms with Crippen molar-refractivity contribution in [1.29, 1.82) is 0 Å². The van der Waals surface area contributed by atoms with Crippen LogP contribution >= 0.6 is 0 Å². The van der Waals surface area contributed by atoms with E-state index in [1.54, 1.807) is 43.3 Å². The number of nitrogens with zero attached hydrogens (tertiary/aromatic N) is 1. The van der Waals surface area contributed by atoms with E-state index in [0.717, 1.165) is 0 Å². The van der Waals surface area contributed by atoms with E-state index in [1.165, 1.54) is 0 Å². The summed E-state index contributed by atoms with van der Waals surface area (Å²) in [7, 11) is 0.184. The lowest BCUT2D eigenvalue weighted by atomic mass is 9.99. The van der Waals surface area contributed by atoms with Crippen LogP contribution < -0.4 is 4.74 Å². The fraction of sp³-hybridized carbons (Fsp3) is 0.500. The summed E-state index contributed by atoms with van der Waals surface area (Å²) < 4.78 is 28.3. The molecule has 1 aliphatic rings. The second kappa shape index (κ2) is 5.09. The third kappa shape index (κ3) is 2.80. The Hall–Kier alpha value is -1.56. The van der Waals surface area contributed by atoms with Crippen molar-refractivity contribution in [3.8, 4) is 5.75 Å². The normalized spacial score (nSPS) is 24.4. The molecule has 2 rings (SSSR count). The van der Waals surface area contributed by atoms with Crippen LogP contribution in [0.15, 0.2) is 24.3 Å². The topological polar surface area (TPSA) is 63.7 Å². The summed E-state index contributed by atoms with van der Waals surface area (Å²) in [5.74, 6) is 0.674. The van der Waals surface area contributed by atoms with Gasteiger partial charge in [-0.15, -0.1) is 0 Å². The van der Waals surface area contributed by atoms with E-state index in [9.17, 15) is 13.2 Å². The molecular formula is C14H19NO4S. The molecule has 0 saturated carbocycles. The van der Waals surface area contributed by atoms with Gasteiger partial charge in [0.25, 0.3) is 5.91 Å². The van der Waals surface area contributed by atoms with E-state index in [4.69, 9.17) is 4.74 Å². The van der Waals surface area contributed by atoms with Gasteiger partial charge in [-0.05, 0) is 37.6 Å². The molecule has 0 radical (unpaired) electrons. The molecule has 1 amide bonds. The van der Waals surface area contributed by atoms with E-state index in [1.807, 2.05) is 6.92 Å². The van der Waals surface area contributed by atoms with Crippen LogP contribution in [-0.2, 0) is 9.84 Å². The van der Waals surface area contributed by atoms with Gasteiger partial charge in [-0.2, -0.15) is 0 Å². The minimum absolute atomic E-state index is 0.0262. The molecule has 1 aromatic rings. The maximum Gasteiger partial charge on any atom is 0.254 e. The van der Waals surface area contributed by atoms with Crippen LogP contribution in [0.5, 0.6) is 5.75 Å². The number of sulfone groups is 1. The third-order valence-electron chi connectivity index (χ3n) is 3.93. The fourth-order valence-corrected chi connectivity index (χ4v) is 4.61. The molecule has 0 spiro atoms. The van der Waals surface area contributed by atoms with E-state index in [0.29, 0.717) is 17.7 Å². The molecule has 1 saturated heterocycles. The second-order valence-corrected chi connectivity index (χ2v) is 7.62. The van der Waals surface area contributed by atoms with Gasteiger partial charge in [-0.25, -0.2) is 8.42 Å². The lowest BCUT2D eigenvalue weighted by Crippen LogP contribution is -2.48. The zero-order valence-corrected chi connectivity index (χ0v) is 12.7. The minimum atomic E-state index is -3.04. The van der Waals surface area contributed by atoms with Crippen molar-refractivity contribution in [3.05, 3.63) is 29.8 Å². The Bertz CT molecular complexity index is 609. The molecule has 0 aromatic heterocycles. The molecule has 20 heavy (non-hydrogen) atoms. The first kappa shape index (κ1) is 14.8. The van der Waals surface area contributed by atoms with Gasteiger partial charge in [0, 0.05) is 12.6 Å². The molecule has 0 aliphatic carbocycles. The Morgan fingerprint density at radius 3 is 2.35 bits per heavy atom. The van der Waals surface area contributed by atoms with Gasteiger partial charge >= 0.3 is 0 Å². The first-order valence-electron chi connectivity index (χ1n) is 6.40. The Kier molecular flexibility index (Phi) is 3.77. The number of amides is 1. The first-order valence-corrected chi connectivity index (χ1v) is 8.22. The number of benzene rings is 1. The summed E-state index contributed by atoms with van der Waals surface area (Å²) in [6.07, 6.45) is 0.480. The highest BCUT2D eigenvalue weighted by Crippen LogP contribution is 2.29. The van der Waals surface area contributed by atoms with Crippen molar-refractivity contribution in [2.24, 2.45) is 0 Å². The Morgan fingerprint density at radius 1 is 1.30 bits per heavy atom. The molecule has 110 valence electrons. The van der Waals surface area contributed by atoms with Crippen molar-refractivity contribution < 1.29 is 17.9 Å². The van der Waals surface area contributed by atoms with E-state index in [-0.39, 0.29) is 17.4 Å². The Morgan fingerprint density at radius 2 is 1.90 bits per heavy atom. The lowest BCUT2D eigenvalue weighted by molar-refractivity contribution is 0.0638. The Balaban J connectivity index is 2.20. The van der Waals surface area contributed by atoms with Crippen molar-refractivity contribution in [3.63, 3.8) is 0 Å². The number of ether oxygens (including phenoxy) is 1. The monoisotopic (exact) mass is 297 g/mol. The number of rotatable bonds is 3. The van der Waals surface area contributed by atoms with Crippen molar-refractivity contribution in [2.75, 3.05) is 25.7 Å². The van der Waals surface area contributed by atoms with Gasteiger partial charge in [0.05, 0.1) is 24.2 Å². The number of carbonyl (C=O) groups is 1. The third-order valence-corrected chi connectivity index (χ3v) is 5.82. The van der Waals surface area contributed by atoms with Gasteiger partial charge in [0.2, 0.25) is 0 Å². The second-order valence-electron chi connectivity index (χ2n) is 5.43. The molecule has 5 nitrogen and oxygen atoms in total. The van der Waals surface area contributed by atoms with E-state index >= 15 is 0 Å². The number of carbonyl (C=O) groups excluding carboxylic acids is 1. The van der Waals surface area contributed by atoms with Gasteiger partial charge in [0.15, 0.2) is 9.84 Å². The largest absolute Gasteiger partial charge is 0.497 e. The zero-order valence-electron chi connectivity index (χ0n) is 11.9. The molecule has 1 heterocycles. The van der Waals surface area contributed by atoms with E-state index in [2.05, 4.69) is 0 Å².